The highest BCUT2D eigenvalue weighted by Crippen LogP contribution is 2.30. The van der Waals surface area contributed by atoms with Crippen LogP contribution < -0.4 is 5.32 Å². The Hall–Kier alpha value is -1.77. The Morgan fingerprint density at radius 3 is 3.08 bits per heavy atom. The van der Waals surface area contributed by atoms with Crippen LogP contribution in [0.25, 0.3) is 0 Å². The van der Waals surface area contributed by atoms with Crippen molar-refractivity contribution < 1.29 is 14.3 Å². The van der Waals surface area contributed by atoms with E-state index in [2.05, 4.69) is 10.3 Å². The zero-order valence-electron chi connectivity index (χ0n) is 13.7. The molecule has 8 heteroatoms. The second-order valence-corrected chi connectivity index (χ2v) is 8.33. The van der Waals surface area contributed by atoms with Crippen LogP contribution in [0.1, 0.15) is 28.3 Å². The fourth-order valence-electron chi connectivity index (χ4n) is 3.18. The van der Waals surface area contributed by atoms with Gasteiger partial charge in [0.15, 0.2) is 5.13 Å². The van der Waals surface area contributed by atoms with E-state index < -0.39 is 6.04 Å². The van der Waals surface area contributed by atoms with Crippen LogP contribution >= 0.6 is 22.7 Å². The third-order valence-corrected chi connectivity index (χ3v) is 6.42. The third kappa shape index (κ3) is 3.61. The number of nitrogens with zero attached hydrogens (tertiary/aromatic N) is 2. The molecule has 1 aliphatic heterocycles. The first kappa shape index (κ1) is 16.7. The highest BCUT2D eigenvalue weighted by molar-refractivity contribution is 7.15. The molecule has 1 fully saturated rings. The fourth-order valence-corrected chi connectivity index (χ4v) is 4.94. The number of anilines is 1. The summed E-state index contributed by atoms with van der Waals surface area (Å²) in [5.41, 5.74) is 1.11. The molecule has 1 N–H and O–H groups in total. The highest BCUT2D eigenvalue weighted by Gasteiger charge is 2.34. The average Bonchev–Trinajstić information content (AvgIpc) is 3.25. The Labute approximate surface area is 153 Å². The van der Waals surface area contributed by atoms with Gasteiger partial charge in [-0.15, -0.1) is 22.7 Å². The summed E-state index contributed by atoms with van der Waals surface area (Å²) < 4.78 is 5.32. The number of carbonyl (C=O) groups excluding carboxylic acids is 2. The van der Waals surface area contributed by atoms with Gasteiger partial charge in [-0.2, -0.15) is 0 Å². The van der Waals surface area contributed by atoms with Crippen LogP contribution in [0, 0.1) is 0 Å². The van der Waals surface area contributed by atoms with E-state index in [1.807, 2.05) is 17.5 Å². The average molecular weight is 377 g/mol. The lowest BCUT2D eigenvalue weighted by molar-refractivity contribution is -0.153. The number of thiophene rings is 1. The van der Waals surface area contributed by atoms with Crippen molar-refractivity contribution >= 4 is 39.6 Å². The maximum atomic E-state index is 12.7. The summed E-state index contributed by atoms with van der Waals surface area (Å²) in [6.07, 6.45) is 4.36. The monoisotopic (exact) mass is 377 g/mol. The summed E-state index contributed by atoms with van der Waals surface area (Å²) in [4.78, 5) is 33.5. The van der Waals surface area contributed by atoms with E-state index in [9.17, 15) is 9.59 Å². The van der Waals surface area contributed by atoms with Gasteiger partial charge >= 0.3 is 0 Å². The molecule has 0 spiro atoms. The Morgan fingerprint density at radius 2 is 2.28 bits per heavy atom. The van der Waals surface area contributed by atoms with Crippen LogP contribution in [0.3, 0.4) is 0 Å². The Balaban J connectivity index is 1.48. The standard InChI is InChI=1S/C17H19N3O3S2/c21-15-10-23-9-13(20(15)8-11-4-3-7-24-11)16(22)19-17-18-12-5-1-2-6-14(12)25-17/h3-4,7,13H,1-2,5-6,8-10H2,(H,18,19,22)/t13-/m0/s1. The van der Waals surface area contributed by atoms with E-state index in [-0.39, 0.29) is 25.0 Å². The van der Waals surface area contributed by atoms with Crippen molar-refractivity contribution in [2.75, 3.05) is 18.5 Å². The predicted octanol–water partition coefficient (Wildman–Crippen LogP) is 2.45. The van der Waals surface area contributed by atoms with E-state index >= 15 is 0 Å². The molecule has 1 aliphatic carbocycles. The lowest BCUT2D eigenvalue weighted by atomic mass is 10.0. The molecule has 132 valence electrons. The molecule has 0 unspecified atom stereocenters. The van der Waals surface area contributed by atoms with Crippen molar-refractivity contribution in [2.24, 2.45) is 0 Å². The Kier molecular flexibility index (Phi) is 4.82. The minimum absolute atomic E-state index is 0.0285. The molecule has 0 radical (unpaired) electrons. The SMILES string of the molecule is O=C(Nc1nc2c(s1)CCCC2)[C@@H]1COCC(=O)N1Cc1cccs1. The minimum atomic E-state index is -0.621. The number of carbonyl (C=O) groups is 2. The minimum Gasteiger partial charge on any atom is -0.369 e. The maximum absolute atomic E-state index is 12.7. The van der Waals surface area contributed by atoms with Crippen LogP contribution in [0.15, 0.2) is 17.5 Å². The summed E-state index contributed by atoms with van der Waals surface area (Å²) in [6, 6.07) is 3.29. The topological polar surface area (TPSA) is 71.5 Å². The maximum Gasteiger partial charge on any atom is 0.251 e. The fraction of sp³-hybridized carbons (Fsp3) is 0.471. The van der Waals surface area contributed by atoms with E-state index in [0.29, 0.717) is 11.7 Å². The van der Waals surface area contributed by atoms with Crippen molar-refractivity contribution in [3.63, 3.8) is 0 Å². The van der Waals surface area contributed by atoms with Gasteiger partial charge in [-0.25, -0.2) is 4.98 Å². The van der Waals surface area contributed by atoms with Crippen molar-refractivity contribution in [1.29, 1.82) is 0 Å². The number of hydrogen-bond donors (Lipinski definition) is 1. The van der Waals surface area contributed by atoms with Crippen molar-refractivity contribution in [3.05, 3.63) is 33.0 Å². The van der Waals surface area contributed by atoms with Crippen molar-refractivity contribution in [1.82, 2.24) is 9.88 Å². The molecule has 3 heterocycles. The molecular formula is C17H19N3O3S2. The van der Waals surface area contributed by atoms with Gasteiger partial charge in [0, 0.05) is 9.75 Å². The molecular weight excluding hydrogens is 358 g/mol. The molecule has 0 saturated carbocycles. The van der Waals surface area contributed by atoms with E-state index in [1.54, 1.807) is 27.6 Å². The third-order valence-electron chi connectivity index (χ3n) is 4.48. The van der Waals surface area contributed by atoms with Gasteiger partial charge in [0.1, 0.15) is 12.6 Å². The number of aromatic nitrogens is 1. The lowest BCUT2D eigenvalue weighted by Gasteiger charge is -2.33. The Bertz CT molecular complexity index is 749. The smallest absolute Gasteiger partial charge is 0.251 e. The quantitative estimate of drug-likeness (QED) is 0.888. The largest absolute Gasteiger partial charge is 0.369 e. The number of rotatable bonds is 4. The van der Waals surface area contributed by atoms with Crippen LogP contribution in [-0.2, 0) is 33.7 Å². The van der Waals surface area contributed by atoms with Gasteiger partial charge in [0.25, 0.3) is 5.91 Å². The first-order chi connectivity index (χ1) is 12.2. The number of hydrogen-bond acceptors (Lipinski definition) is 6. The van der Waals surface area contributed by atoms with Gasteiger partial charge in [0.2, 0.25) is 5.91 Å². The summed E-state index contributed by atoms with van der Waals surface area (Å²) in [5, 5.41) is 5.50. The molecule has 6 nitrogen and oxygen atoms in total. The van der Waals surface area contributed by atoms with Gasteiger partial charge in [-0.05, 0) is 37.1 Å². The second-order valence-electron chi connectivity index (χ2n) is 6.22. The number of thiazole rings is 1. The van der Waals surface area contributed by atoms with E-state index in [0.717, 1.165) is 29.8 Å². The summed E-state index contributed by atoms with van der Waals surface area (Å²) >= 11 is 3.13. The Morgan fingerprint density at radius 1 is 1.40 bits per heavy atom. The zero-order chi connectivity index (χ0) is 17.2. The molecule has 2 aromatic rings. The normalized spacial score (nSPS) is 20.4. The molecule has 4 rings (SSSR count). The van der Waals surface area contributed by atoms with Crippen LogP contribution in [-0.4, -0.2) is 41.0 Å². The lowest BCUT2D eigenvalue weighted by Crippen LogP contribution is -2.54. The number of aryl methyl sites for hydroxylation is 2. The number of nitrogens with one attached hydrogen (secondary N) is 1. The molecule has 2 amide bonds. The molecule has 0 bridgehead atoms. The van der Waals surface area contributed by atoms with E-state index in [1.165, 1.54) is 11.3 Å². The number of ether oxygens (including phenoxy) is 1. The second kappa shape index (κ2) is 7.23. The van der Waals surface area contributed by atoms with Gasteiger partial charge in [0.05, 0.1) is 18.8 Å². The zero-order valence-corrected chi connectivity index (χ0v) is 15.3. The number of morpholine rings is 1. The molecule has 1 saturated heterocycles. The first-order valence-electron chi connectivity index (χ1n) is 8.40. The predicted molar refractivity (Wildman–Crippen MR) is 96.9 cm³/mol. The van der Waals surface area contributed by atoms with Gasteiger partial charge < -0.3 is 15.0 Å². The van der Waals surface area contributed by atoms with Crippen LogP contribution in [0.4, 0.5) is 5.13 Å². The molecule has 2 aliphatic rings. The molecule has 2 aromatic heterocycles. The molecule has 1 atom stereocenters. The summed E-state index contributed by atoms with van der Waals surface area (Å²) in [7, 11) is 0. The van der Waals surface area contributed by atoms with E-state index in [4.69, 9.17) is 4.74 Å². The highest BCUT2D eigenvalue weighted by atomic mass is 32.1. The van der Waals surface area contributed by atoms with Crippen molar-refractivity contribution in [3.8, 4) is 0 Å². The van der Waals surface area contributed by atoms with Gasteiger partial charge in [-0.1, -0.05) is 6.07 Å². The van der Waals surface area contributed by atoms with Crippen LogP contribution in [0.5, 0.6) is 0 Å². The molecule has 25 heavy (non-hydrogen) atoms. The number of amides is 2. The molecule has 0 aromatic carbocycles. The van der Waals surface area contributed by atoms with Crippen LogP contribution in [0.2, 0.25) is 0 Å². The first-order valence-corrected chi connectivity index (χ1v) is 10.1. The number of fused-ring (bicyclic) bond motifs is 1. The summed E-state index contributed by atoms with van der Waals surface area (Å²) in [6.45, 7) is 0.682. The van der Waals surface area contributed by atoms with Gasteiger partial charge in [-0.3, -0.25) is 9.59 Å². The van der Waals surface area contributed by atoms with Crippen molar-refractivity contribution in [2.45, 2.75) is 38.3 Å². The summed E-state index contributed by atoms with van der Waals surface area (Å²) in [5.74, 6) is -0.381.